The third kappa shape index (κ3) is 3.12. The van der Waals surface area contributed by atoms with Gasteiger partial charge < -0.3 is 0 Å². The first-order chi connectivity index (χ1) is 16.6. The van der Waals surface area contributed by atoms with Crippen molar-refractivity contribution in [1.82, 2.24) is 0 Å². The normalized spacial score (nSPS) is 13.5. The van der Waals surface area contributed by atoms with Crippen LogP contribution in [0.1, 0.15) is 50.1 Å². The Morgan fingerprint density at radius 2 is 1.40 bits per heavy atom. The molecule has 0 unspecified atom stereocenters. The van der Waals surface area contributed by atoms with Crippen LogP contribution in [0.2, 0.25) is 0 Å². The summed E-state index contributed by atoms with van der Waals surface area (Å²) < 4.78 is 46.6. The topological polar surface area (TPSA) is 3.88 Å². The van der Waals surface area contributed by atoms with Gasteiger partial charge in [-0.05, 0) is 95.8 Å². The van der Waals surface area contributed by atoms with E-state index < -0.39 is 11.7 Å². The molecule has 4 heteroatoms. The zero-order chi connectivity index (χ0) is 24.8. The van der Waals surface area contributed by atoms with E-state index in [4.69, 9.17) is 0 Å². The van der Waals surface area contributed by atoms with Gasteiger partial charge >= 0.3 is 6.18 Å². The number of nitrogens with zero attached hydrogens (tertiary/aromatic N) is 1. The first-order valence-corrected chi connectivity index (χ1v) is 12.0. The van der Waals surface area contributed by atoms with Crippen molar-refractivity contribution in [2.75, 3.05) is 0 Å². The van der Waals surface area contributed by atoms with E-state index in [-0.39, 0.29) is 0 Å². The molecule has 2 aliphatic carbocycles. The smallest absolute Gasteiger partial charge is 0.201 e. The number of aryl methyl sites for hydroxylation is 4. The molecule has 3 aromatic carbocycles. The van der Waals surface area contributed by atoms with Gasteiger partial charge in [0, 0.05) is 23.6 Å². The van der Waals surface area contributed by atoms with Crippen LogP contribution < -0.4 is 4.57 Å². The second-order valence-corrected chi connectivity index (χ2v) is 10.2. The van der Waals surface area contributed by atoms with Crippen LogP contribution in [-0.2, 0) is 26.1 Å². The highest BCUT2D eigenvalue weighted by molar-refractivity contribution is 5.93. The molecule has 0 spiro atoms. The van der Waals surface area contributed by atoms with Gasteiger partial charge in [0.15, 0.2) is 6.20 Å². The van der Waals surface area contributed by atoms with Crippen LogP contribution in [0.4, 0.5) is 13.2 Å². The van der Waals surface area contributed by atoms with E-state index in [0.29, 0.717) is 29.5 Å². The summed E-state index contributed by atoms with van der Waals surface area (Å²) in [5, 5.41) is 0. The van der Waals surface area contributed by atoms with Crippen molar-refractivity contribution in [3.05, 3.63) is 98.7 Å². The lowest BCUT2D eigenvalue weighted by molar-refractivity contribution is -0.660. The minimum absolute atomic E-state index is 0.365. The van der Waals surface area contributed by atoms with Gasteiger partial charge in [0.25, 0.3) is 0 Å². The summed E-state index contributed by atoms with van der Waals surface area (Å²) in [6, 6.07) is 13.9. The molecular weight excluding hydrogens is 443 g/mol. The number of fused-ring (bicyclic) bond motifs is 6. The Morgan fingerprint density at radius 1 is 0.743 bits per heavy atom. The molecule has 1 aromatic heterocycles. The number of halogens is 3. The third-order valence-corrected chi connectivity index (χ3v) is 7.95. The van der Waals surface area contributed by atoms with Crippen LogP contribution in [0, 0.1) is 27.7 Å². The molecule has 176 valence electrons. The van der Waals surface area contributed by atoms with E-state index in [0.717, 1.165) is 50.2 Å². The molecule has 35 heavy (non-hydrogen) atoms. The number of hydrogen-bond donors (Lipinski definition) is 0. The molecular formula is C31H27F3N+. The van der Waals surface area contributed by atoms with Gasteiger partial charge in [0.2, 0.25) is 5.69 Å². The Kier molecular flexibility index (Phi) is 4.61. The van der Waals surface area contributed by atoms with Crippen molar-refractivity contribution in [3.63, 3.8) is 0 Å². The predicted molar refractivity (Wildman–Crippen MR) is 133 cm³/mol. The molecule has 1 nitrogen and oxygen atoms in total. The monoisotopic (exact) mass is 470 g/mol. The fourth-order valence-corrected chi connectivity index (χ4v) is 6.28. The summed E-state index contributed by atoms with van der Waals surface area (Å²) >= 11 is 0. The summed E-state index contributed by atoms with van der Waals surface area (Å²) in [7, 11) is 1.99. The third-order valence-electron chi connectivity index (χ3n) is 7.95. The van der Waals surface area contributed by atoms with E-state index in [1.807, 2.05) is 50.5 Å². The summed E-state index contributed by atoms with van der Waals surface area (Å²) in [5.41, 5.74) is 11.9. The van der Waals surface area contributed by atoms with Crippen molar-refractivity contribution in [1.29, 1.82) is 0 Å². The summed E-state index contributed by atoms with van der Waals surface area (Å²) in [6.07, 6.45) is -1.48. The Balaban J connectivity index is 1.68. The summed E-state index contributed by atoms with van der Waals surface area (Å²) in [5.74, 6) is 0. The van der Waals surface area contributed by atoms with Crippen LogP contribution in [-0.4, -0.2) is 0 Å². The molecule has 0 radical (unpaired) electrons. The molecule has 2 aliphatic rings. The number of alkyl halides is 3. The number of pyridine rings is 1. The molecule has 0 saturated carbocycles. The molecule has 0 fully saturated rings. The number of hydrogen-bond acceptors (Lipinski definition) is 0. The van der Waals surface area contributed by atoms with E-state index in [2.05, 4.69) is 37.5 Å². The average molecular weight is 471 g/mol. The van der Waals surface area contributed by atoms with Crippen molar-refractivity contribution >= 4 is 0 Å². The summed E-state index contributed by atoms with van der Waals surface area (Å²) in [4.78, 5) is 0. The van der Waals surface area contributed by atoms with Gasteiger partial charge in [0.05, 0.1) is 5.56 Å². The first kappa shape index (κ1) is 22.1. The van der Waals surface area contributed by atoms with Gasteiger partial charge in [-0.2, -0.15) is 13.2 Å². The maximum absolute atomic E-state index is 14.9. The summed E-state index contributed by atoms with van der Waals surface area (Å²) in [6.45, 7) is 8.25. The Labute approximate surface area is 203 Å². The number of aromatic nitrogens is 1. The van der Waals surface area contributed by atoms with E-state index >= 15 is 0 Å². The van der Waals surface area contributed by atoms with E-state index in [1.165, 1.54) is 11.1 Å². The molecule has 4 aromatic rings. The molecule has 0 amide bonds. The lowest BCUT2D eigenvalue weighted by atomic mass is 9.89. The molecule has 0 bridgehead atoms. The van der Waals surface area contributed by atoms with Gasteiger partial charge in [-0.1, -0.05) is 35.9 Å². The minimum Gasteiger partial charge on any atom is -0.201 e. The van der Waals surface area contributed by atoms with Crippen molar-refractivity contribution in [2.24, 2.45) is 7.05 Å². The van der Waals surface area contributed by atoms with Gasteiger partial charge in [-0.15, -0.1) is 0 Å². The first-order valence-electron chi connectivity index (χ1n) is 12.0. The number of rotatable bonds is 1. The average Bonchev–Trinajstić information content (AvgIpc) is 3.32. The van der Waals surface area contributed by atoms with E-state index in [9.17, 15) is 13.2 Å². The fraction of sp³-hybridized carbons (Fsp3) is 0.258. The molecule has 0 N–H and O–H groups in total. The highest BCUT2D eigenvalue weighted by Crippen LogP contribution is 2.54. The maximum Gasteiger partial charge on any atom is 0.417 e. The lowest BCUT2D eigenvalue weighted by Crippen LogP contribution is -2.32. The van der Waals surface area contributed by atoms with Crippen molar-refractivity contribution in [2.45, 2.75) is 46.7 Å². The molecule has 1 heterocycles. The molecule has 0 atom stereocenters. The SMILES string of the molecule is Cc1cc(C)c(C)c(-c2c3c(cc[n+]2C)-c2c(cc4c(c2C(F)(F)F)-c2cccc(C)c2C4)C3)c1. The van der Waals surface area contributed by atoms with Gasteiger partial charge in [-0.3, -0.25) is 0 Å². The Hall–Kier alpha value is -3.40. The number of benzene rings is 3. The second kappa shape index (κ2) is 7.30. The van der Waals surface area contributed by atoms with E-state index in [1.54, 1.807) is 0 Å². The quantitative estimate of drug-likeness (QED) is 0.218. The van der Waals surface area contributed by atoms with Crippen LogP contribution in [0.15, 0.2) is 48.7 Å². The van der Waals surface area contributed by atoms with Crippen molar-refractivity contribution < 1.29 is 17.7 Å². The van der Waals surface area contributed by atoms with Crippen LogP contribution >= 0.6 is 0 Å². The molecule has 0 saturated heterocycles. The van der Waals surface area contributed by atoms with Crippen LogP contribution in [0.5, 0.6) is 0 Å². The van der Waals surface area contributed by atoms with Crippen LogP contribution in [0.25, 0.3) is 33.5 Å². The minimum atomic E-state index is -4.45. The zero-order valence-electron chi connectivity index (χ0n) is 20.6. The Morgan fingerprint density at radius 3 is 2.09 bits per heavy atom. The van der Waals surface area contributed by atoms with Crippen molar-refractivity contribution in [3.8, 4) is 33.5 Å². The zero-order valence-corrected chi connectivity index (χ0v) is 20.6. The molecule has 0 aliphatic heterocycles. The maximum atomic E-state index is 14.9. The largest absolute Gasteiger partial charge is 0.417 e. The van der Waals surface area contributed by atoms with Crippen LogP contribution in [0.3, 0.4) is 0 Å². The highest BCUT2D eigenvalue weighted by atomic mass is 19.4. The predicted octanol–water partition coefficient (Wildman–Crippen LogP) is 7.57. The second-order valence-electron chi connectivity index (χ2n) is 10.2. The fourth-order valence-electron chi connectivity index (χ4n) is 6.28. The Bertz CT molecular complexity index is 1570. The van der Waals surface area contributed by atoms with Gasteiger partial charge in [-0.25, -0.2) is 4.57 Å². The molecule has 6 rings (SSSR count). The lowest BCUT2D eigenvalue weighted by Gasteiger charge is -2.19. The van der Waals surface area contributed by atoms with Gasteiger partial charge in [0.1, 0.15) is 7.05 Å². The standard InChI is InChI=1S/C31H27F3N/c1-16-11-18(3)19(4)25(12-16)30-26-15-21-13-20-14-24-17(2)7-6-8-22(24)27(20)29(31(32,33)34)28(21)23(26)9-10-35(30)5/h6-13H,14-15H2,1-5H3/q+1. The highest BCUT2D eigenvalue weighted by Gasteiger charge is 2.44.